The van der Waals surface area contributed by atoms with Gasteiger partial charge in [-0.15, -0.1) is 0 Å². The fourth-order valence-corrected chi connectivity index (χ4v) is 2.90. The second kappa shape index (κ2) is 7.44. The van der Waals surface area contributed by atoms with Crippen LogP contribution >= 0.6 is 0 Å². The van der Waals surface area contributed by atoms with Gasteiger partial charge >= 0.3 is 0 Å². The van der Waals surface area contributed by atoms with E-state index in [1.165, 1.54) is 12.0 Å². The van der Waals surface area contributed by atoms with Gasteiger partial charge in [0, 0.05) is 19.1 Å². The molecule has 0 radical (unpaired) electrons. The number of piperidine rings is 1. The largest absolute Gasteiger partial charge is 0.341 e. The molecule has 0 aliphatic carbocycles. The van der Waals surface area contributed by atoms with Crippen molar-refractivity contribution in [2.24, 2.45) is 0 Å². The standard InChI is InChI=1S/C17H26N2O/c1-3-16(15-10-6-4-7-11-15)18-14(2)17(20)19-12-8-5-9-13-19/h4,6-7,10-11,14,16,18H,3,5,8-9,12-13H2,1-2H3. The van der Waals surface area contributed by atoms with Crippen LogP contribution in [0.15, 0.2) is 30.3 Å². The number of hydrogen-bond donors (Lipinski definition) is 1. The highest BCUT2D eigenvalue weighted by Gasteiger charge is 2.24. The van der Waals surface area contributed by atoms with Crippen LogP contribution in [0.1, 0.15) is 51.1 Å². The topological polar surface area (TPSA) is 32.3 Å². The Morgan fingerprint density at radius 3 is 2.45 bits per heavy atom. The smallest absolute Gasteiger partial charge is 0.239 e. The van der Waals surface area contributed by atoms with Crippen LogP contribution in [0.2, 0.25) is 0 Å². The van der Waals surface area contributed by atoms with Gasteiger partial charge < -0.3 is 4.90 Å². The van der Waals surface area contributed by atoms with Crippen molar-refractivity contribution in [3.63, 3.8) is 0 Å². The molecule has 2 atom stereocenters. The molecule has 3 heteroatoms. The maximum absolute atomic E-state index is 12.4. The second-order valence-corrected chi connectivity index (χ2v) is 5.65. The van der Waals surface area contributed by atoms with Gasteiger partial charge in [-0.3, -0.25) is 10.1 Å². The molecule has 1 aromatic carbocycles. The molecule has 2 rings (SSSR count). The molecule has 110 valence electrons. The van der Waals surface area contributed by atoms with E-state index in [9.17, 15) is 4.79 Å². The van der Waals surface area contributed by atoms with Crippen LogP contribution in [0.3, 0.4) is 0 Å². The van der Waals surface area contributed by atoms with Crippen LogP contribution in [0, 0.1) is 0 Å². The van der Waals surface area contributed by atoms with E-state index in [1.807, 2.05) is 17.9 Å². The minimum atomic E-state index is -0.113. The zero-order chi connectivity index (χ0) is 14.4. The summed E-state index contributed by atoms with van der Waals surface area (Å²) < 4.78 is 0. The number of amides is 1. The maximum Gasteiger partial charge on any atom is 0.239 e. The summed E-state index contributed by atoms with van der Waals surface area (Å²) in [6, 6.07) is 10.5. The second-order valence-electron chi connectivity index (χ2n) is 5.65. The van der Waals surface area contributed by atoms with E-state index in [0.29, 0.717) is 0 Å². The first-order valence-corrected chi connectivity index (χ1v) is 7.82. The van der Waals surface area contributed by atoms with E-state index >= 15 is 0 Å². The summed E-state index contributed by atoms with van der Waals surface area (Å²) in [5.41, 5.74) is 1.26. The highest BCUT2D eigenvalue weighted by molar-refractivity contribution is 5.81. The third-order valence-electron chi connectivity index (χ3n) is 4.10. The van der Waals surface area contributed by atoms with Crippen molar-refractivity contribution in [1.82, 2.24) is 10.2 Å². The van der Waals surface area contributed by atoms with Gasteiger partial charge in [0.25, 0.3) is 0 Å². The van der Waals surface area contributed by atoms with Crippen molar-refractivity contribution in [3.05, 3.63) is 35.9 Å². The summed E-state index contributed by atoms with van der Waals surface area (Å²) >= 11 is 0. The minimum absolute atomic E-state index is 0.113. The van der Waals surface area contributed by atoms with Gasteiger partial charge in [0.2, 0.25) is 5.91 Å². The lowest BCUT2D eigenvalue weighted by molar-refractivity contribution is -0.134. The van der Waals surface area contributed by atoms with Crippen LogP contribution < -0.4 is 5.32 Å². The van der Waals surface area contributed by atoms with E-state index in [2.05, 4.69) is 36.5 Å². The number of nitrogens with one attached hydrogen (secondary N) is 1. The van der Waals surface area contributed by atoms with E-state index in [-0.39, 0.29) is 18.0 Å². The molecule has 0 aromatic heterocycles. The Kier molecular flexibility index (Phi) is 5.60. The summed E-state index contributed by atoms with van der Waals surface area (Å²) in [5, 5.41) is 3.49. The van der Waals surface area contributed by atoms with Crippen molar-refractivity contribution in [3.8, 4) is 0 Å². The Hall–Kier alpha value is -1.35. The summed E-state index contributed by atoms with van der Waals surface area (Å²) in [6.45, 7) is 5.99. The van der Waals surface area contributed by atoms with Gasteiger partial charge in [0.1, 0.15) is 0 Å². The van der Waals surface area contributed by atoms with Crippen LogP contribution in [0.5, 0.6) is 0 Å². The first-order chi connectivity index (χ1) is 9.72. The summed E-state index contributed by atoms with van der Waals surface area (Å²) in [5.74, 6) is 0.249. The lowest BCUT2D eigenvalue weighted by Gasteiger charge is -2.31. The molecule has 1 N–H and O–H groups in total. The van der Waals surface area contributed by atoms with Gasteiger partial charge in [-0.25, -0.2) is 0 Å². The predicted octanol–water partition coefficient (Wildman–Crippen LogP) is 3.13. The van der Waals surface area contributed by atoms with Gasteiger partial charge in [-0.05, 0) is 38.2 Å². The van der Waals surface area contributed by atoms with E-state index in [0.717, 1.165) is 32.4 Å². The van der Waals surface area contributed by atoms with Crippen molar-refractivity contribution < 1.29 is 4.79 Å². The average Bonchev–Trinajstić information content (AvgIpc) is 2.53. The molecule has 0 saturated carbocycles. The van der Waals surface area contributed by atoms with Crippen LogP contribution in [-0.4, -0.2) is 29.9 Å². The van der Waals surface area contributed by atoms with Gasteiger partial charge in [0.15, 0.2) is 0 Å². The number of rotatable bonds is 5. The molecule has 0 bridgehead atoms. The number of likely N-dealkylation sites (tertiary alicyclic amines) is 1. The molecular weight excluding hydrogens is 248 g/mol. The molecule has 1 heterocycles. The molecule has 1 aromatic rings. The molecule has 0 spiro atoms. The van der Waals surface area contributed by atoms with Crippen molar-refractivity contribution in [2.75, 3.05) is 13.1 Å². The first-order valence-electron chi connectivity index (χ1n) is 7.82. The Labute approximate surface area is 122 Å². The fraction of sp³-hybridized carbons (Fsp3) is 0.588. The Morgan fingerprint density at radius 1 is 1.20 bits per heavy atom. The van der Waals surface area contributed by atoms with E-state index in [4.69, 9.17) is 0 Å². The quantitative estimate of drug-likeness (QED) is 0.894. The molecule has 20 heavy (non-hydrogen) atoms. The Morgan fingerprint density at radius 2 is 1.85 bits per heavy atom. The Bertz CT molecular complexity index is 412. The molecule has 1 fully saturated rings. The Balaban J connectivity index is 1.94. The van der Waals surface area contributed by atoms with Crippen molar-refractivity contribution >= 4 is 5.91 Å². The highest BCUT2D eigenvalue weighted by Crippen LogP contribution is 2.18. The van der Waals surface area contributed by atoms with Gasteiger partial charge in [-0.1, -0.05) is 37.3 Å². The van der Waals surface area contributed by atoms with E-state index in [1.54, 1.807) is 0 Å². The van der Waals surface area contributed by atoms with Gasteiger partial charge in [-0.2, -0.15) is 0 Å². The summed E-state index contributed by atoms with van der Waals surface area (Å²) in [4.78, 5) is 14.5. The normalized spacial score (nSPS) is 18.6. The average molecular weight is 274 g/mol. The predicted molar refractivity (Wildman–Crippen MR) is 82.5 cm³/mol. The molecule has 2 unspecified atom stereocenters. The number of hydrogen-bond acceptors (Lipinski definition) is 2. The molecule has 1 aliphatic heterocycles. The SMILES string of the molecule is CCC(NC(C)C(=O)N1CCCCC1)c1ccccc1. The summed E-state index contributed by atoms with van der Waals surface area (Å²) in [7, 11) is 0. The minimum Gasteiger partial charge on any atom is -0.341 e. The van der Waals surface area contributed by atoms with Crippen molar-refractivity contribution in [2.45, 2.75) is 51.6 Å². The van der Waals surface area contributed by atoms with Gasteiger partial charge in [0.05, 0.1) is 6.04 Å². The van der Waals surface area contributed by atoms with Crippen LogP contribution in [0.4, 0.5) is 0 Å². The third kappa shape index (κ3) is 3.83. The van der Waals surface area contributed by atoms with Crippen LogP contribution in [0.25, 0.3) is 0 Å². The third-order valence-corrected chi connectivity index (χ3v) is 4.10. The molecular formula is C17H26N2O. The summed E-state index contributed by atoms with van der Waals surface area (Å²) in [6.07, 6.45) is 4.54. The fourth-order valence-electron chi connectivity index (χ4n) is 2.90. The maximum atomic E-state index is 12.4. The zero-order valence-electron chi connectivity index (χ0n) is 12.6. The number of carbonyl (C=O) groups excluding carboxylic acids is 1. The van der Waals surface area contributed by atoms with Crippen LogP contribution in [-0.2, 0) is 4.79 Å². The lowest BCUT2D eigenvalue weighted by atomic mass is 10.0. The molecule has 3 nitrogen and oxygen atoms in total. The highest BCUT2D eigenvalue weighted by atomic mass is 16.2. The number of benzene rings is 1. The molecule has 1 amide bonds. The number of nitrogens with zero attached hydrogens (tertiary/aromatic N) is 1. The zero-order valence-corrected chi connectivity index (χ0v) is 12.6. The first kappa shape index (κ1) is 15.0. The molecule has 1 aliphatic rings. The van der Waals surface area contributed by atoms with Crippen molar-refractivity contribution in [1.29, 1.82) is 0 Å². The number of carbonyl (C=O) groups is 1. The monoisotopic (exact) mass is 274 g/mol. The van der Waals surface area contributed by atoms with E-state index < -0.39 is 0 Å². The molecule has 1 saturated heterocycles. The lowest BCUT2D eigenvalue weighted by Crippen LogP contribution is -2.47.